The van der Waals surface area contributed by atoms with Crippen LogP contribution < -0.4 is 5.32 Å². The molecule has 0 radical (unpaired) electrons. The van der Waals surface area contributed by atoms with Crippen LogP contribution in [0.3, 0.4) is 0 Å². The zero-order valence-electron chi connectivity index (χ0n) is 21.3. The van der Waals surface area contributed by atoms with Gasteiger partial charge in [-0.25, -0.2) is 4.79 Å². The van der Waals surface area contributed by atoms with Crippen molar-refractivity contribution < 1.29 is 14.4 Å². The number of urea groups is 1. The molecule has 188 valence electrons. The number of carbonyl (C=O) groups excluding carboxylic acids is 3. The van der Waals surface area contributed by atoms with E-state index >= 15 is 0 Å². The fourth-order valence-electron chi connectivity index (χ4n) is 5.27. The van der Waals surface area contributed by atoms with E-state index in [1.54, 1.807) is 19.0 Å². The first-order valence-corrected chi connectivity index (χ1v) is 12.6. The summed E-state index contributed by atoms with van der Waals surface area (Å²) < 4.78 is 0. The highest BCUT2D eigenvalue weighted by atomic mass is 35.5. The van der Waals surface area contributed by atoms with Crippen molar-refractivity contribution in [3.63, 3.8) is 0 Å². The van der Waals surface area contributed by atoms with Gasteiger partial charge in [0.05, 0.1) is 5.92 Å². The molecule has 2 aliphatic rings. The Hall–Kier alpha value is -2.28. The van der Waals surface area contributed by atoms with E-state index in [-0.39, 0.29) is 35.1 Å². The summed E-state index contributed by atoms with van der Waals surface area (Å²) in [5, 5.41) is 3.75. The Kier molecular flexibility index (Phi) is 8.17. The molecule has 0 saturated carbocycles. The van der Waals surface area contributed by atoms with E-state index in [0.717, 1.165) is 11.4 Å². The lowest BCUT2D eigenvalue weighted by Crippen LogP contribution is -2.56. The zero-order chi connectivity index (χ0) is 25.2. The van der Waals surface area contributed by atoms with Crippen LogP contribution in [0.15, 0.2) is 24.3 Å². The molecule has 0 aromatic heterocycles. The predicted octanol–water partition coefficient (Wildman–Crippen LogP) is 3.83. The monoisotopic (exact) mass is 490 g/mol. The number of hydrogen-bond acceptors (Lipinski definition) is 3. The Morgan fingerprint density at radius 1 is 1.06 bits per heavy atom. The Morgan fingerprint density at radius 3 is 2.24 bits per heavy atom. The molecule has 2 fully saturated rings. The number of piperidine rings is 1. The fourth-order valence-corrected chi connectivity index (χ4v) is 5.40. The minimum Gasteiger partial charge on any atom is -0.344 e. The van der Waals surface area contributed by atoms with Crippen molar-refractivity contribution in [3.8, 4) is 0 Å². The van der Waals surface area contributed by atoms with Crippen molar-refractivity contribution in [3.05, 3.63) is 34.9 Å². The number of nitrogens with one attached hydrogen (secondary N) is 1. The molecule has 0 unspecified atom stereocenters. The van der Waals surface area contributed by atoms with Gasteiger partial charge in [0.15, 0.2) is 0 Å². The van der Waals surface area contributed by atoms with Crippen LogP contribution in [0, 0.1) is 17.3 Å². The third kappa shape index (κ3) is 5.85. The zero-order valence-corrected chi connectivity index (χ0v) is 22.1. The summed E-state index contributed by atoms with van der Waals surface area (Å²) in [4.78, 5) is 43.9. The second-order valence-electron chi connectivity index (χ2n) is 11.0. The number of nitrogens with zero attached hydrogens (tertiary/aromatic N) is 3. The highest BCUT2D eigenvalue weighted by Gasteiger charge is 2.41. The van der Waals surface area contributed by atoms with Crippen LogP contribution in [0.25, 0.3) is 0 Å². The number of halogens is 1. The van der Waals surface area contributed by atoms with Gasteiger partial charge in [0.2, 0.25) is 11.8 Å². The third-order valence-electron chi connectivity index (χ3n) is 7.26. The molecule has 1 aromatic rings. The molecule has 1 aromatic carbocycles. The average molecular weight is 491 g/mol. The van der Waals surface area contributed by atoms with Gasteiger partial charge in [-0.1, -0.05) is 51.4 Å². The van der Waals surface area contributed by atoms with E-state index in [4.69, 9.17) is 11.6 Å². The van der Waals surface area contributed by atoms with Gasteiger partial charge < -0.3 is 20.0 Å². The van der Waals surface area contributed by atoms with Gasteiger partial charge in [0.25, 0.3) is 0 Å². The van der Waals surface area contributed by atoms with Gasteiger partial charge in [-0.05, 0) is 47.8 Å². The quantitative estimate of drug-likeness (QED) is 0.681. The molecule has 2 aliphatic heterocycles. The first kappa shape index (κ1) is 26.3. The smallest absolute Gasteiger partial charge is 0.319 e. The van der Waals surface area contributed by atoms with Gasteiger partial charge in [0, 0.05) is 45.3 Å². The lowest BCUT2D eigenvalue weighted by Gasteiger charge is -2.45. The van der Waals surface area contributed by atoms with Gasteiger partial charge >= 0.3 is 6.03 Å². The highest BCUT2D eigenvalue weighted by molar-refractivity contribution is 6.30. The SMILES string of the molecule is CC(C)[C@@H](NC(=O)[C@@H]1CCN(C(=O)N(C)C)C1)C(=O)N1CC[C@H](c2ccc(Cl)cc2)C(C)(C)C1. The average Bonchev–Trinajstić information content (AvgIpc) is 3.26. The maximum absolute atomic E-state index is 13.6. The van der Waals surface area contributed by atoms with Crippen molar-refractivity contribution in [1.29, 1.82) is 0 Å². The van der Waals surface area contributed by atoms with Gasteiger partial charge in [-0.3, -0.25) is 9.59 Å². The van der Waals surface area contributed by atoms with E-state index in [9.17, 15) is 14.4 Å². The van der Waals surface area contributed by atoms with Crippen molar-refractivity contribution in [2.45, 2.75) is 52.5 Å². The normalized spacial score (nSPS) is 23.1. The molecule has 1 N–H and O–H groups in total. The lowest BCUT2D eigenvalue weighted by molar-refractivity contribution is -0.141. The number of hydrogen-bond donors (Lipinski definition) is 1. The molecule has 34 heavy (non-hydrogen) atoms. The Morgan fingerprint density at radius 2 is 1.68 bits per heavy atom. The van der Waals surface area contributed by atoms with Crippen molar-refractivity contribution >= 4 is 29.4 Å². The number of benzene rings is 1. The van der Waals surface area contributed by atoms with Crippen LogP contribution >= 0.6 is 11.6 Å². The number of rotatable bonds is 5. The molecule has 8 heteroatoms. The van der Waals surface area contributed by atoms with E-state index in [0.29, 0.717) is 38.5 Å². The molecule has 2 saturated heterocycles. The molecular formula is C26H39ClN4O3. The van der Waals surface area contributed by atoms with Crippen molar-refractivity contribution in [2.75, 3.05) is 40.3 Å². The minimum atomic E-state index is -0.575. The van der Waals surface area contributed by atoms with E-state index in [1.807, 2.05) is 30.9 Å². The number of carbonyl (C=O) groups is 3. The molecule has 3 rings (SSSR count). The molecule has 3 atom stereocenters. The van der Waals surface area contributed by atoms with E-state index < -0.39 is 6.04 Å². The van der Waals surface area contributed by atoms with Crippen LogP contribution in [0.4, 0.5) is 4.79 Å². The van der Waals surface area contributed by atoms with Crippen LogP contribution in [-0.4, -0.2) is 78.9 Å². The molecule has 0 aliphatic carbocycles. The standard InChI is InChI=1S/C26H39ClN4O3/c1-17(2)22(28-23(32)19-11-13-30(15-19)25(34)29(5)6)24(33)31-14-12-21(26(3,4)16-31)18-7-9-20(27)10-8-18/h7-10,17,19,21-22H,11-16H2,1-6H3,(H,28,32)/t19-,21-,22-/m1/s1. The Balaban J connectivity index is 1.64. The summed E-state index contributed by atoms with van der Waals surface area (Å²) in [6, 6.07) is 7.34. The summed E-state index contributed by atoms with van der Waals surface area (Å²) in [6.07, 6.45) is 1.48. The number of likely N-dealkylation sites (tertiary alicyclic amines) is 2. The maximum Gasteiger partial charge on any atom is 0.319 e. The third-order valence-corrected chi connectivity index (χ3v) is 7.51. The van der Waals surface area contributed by atoms with Gasteiger partial charge in [0.1, 0.15) is 6.04 Å². The Labute approximate surface area is 208 Å². The molecule has 7 nitrogen and oxygen atoms in total. The van der Waals surface area contributed by atoms with E-state index in [2.05, 4.69) is 31.3 Å². The fraction of sp³-hybridized carbons (Fsp3) is 0.654. The summed E-state index contributed by atoms with van der Waals surface area (Å²) in [5.74, 6) is -0.152. The molecule has 4 amide bonds. The van der Waals surface area contributed by atoms with Crippen LogP contribution in [-0.2, 0) is 9.59 Å². The summed E-state index contributed by atoms with van der Waals surface area (Å²) in [5.41, 5.74) is 1.14. The second kappa shape index (κ2) is 10.5. The molecular weight excluding hydrogens is 452 g/mol. The molecule has 2 heterocycles. The first-order valence-electron chi connectivity index (χ1n) is 12.2. The van der Waals surface area contributed by atoms with Gasteiger partial charge in [-0.2, -0.15) is 0 Å². The summed E-state index contributed by atoms with van der Waals surface area (Å²) in [7, 11) is 3.42. The van der Waals surface area contributed by atoms with Crippen molar-refractivity contribution in [1.82, 2.24) is 20.0 Å². The van der Waals surface area contributed by atoms with Crippen LogP contribution in [0.2, 0.25) is 5.02 Å². The van der Waals surface area contributed by atoms with Gasteiger partial charge in [-0.15, -0.1) is 0 Å². The second-order valence-corrected chi connectivity index (χ2v) is 11.4. The minimum absolute atomic E-state index is 0.0230. The highest BCUT2D eigenvalue weighted by Crippen LogP contribution is 2.42. The summed E-state index contributed by atoms with van der Waals surface area (Å²) >= 11 is 6.07. The Bertz CT molecular complexity index is 900. The molecule has 0 bridgehead atoms. The van der Waals surface area contributed by atoms with E-state index in [1.165, 1.54) is 10.5 Å². The summed E-state index contributed by atoms with van der Waals surface area (Å²) in [6.45, 7) is 10.6. The maximum atomic E-state index is 13.6. The predicted molar refractivity (Wildman–Crippen MR) is 135 cm³/mol. The topological polar surface area (TPSA) is 73.0 Å². The largest absolute Gasteiger partial charge is 0.344 e. The first-order chi connectivity index (χ1) is 15.9. The number of amides is 4. The van der Waals surface area contributed by atoms with Crippen LogP contribution in [0.5, 0.6) is 0 Å². The van der Waals surface area contributed by atoms with Crippen molar-refractivity contribution in [2.24, 2.45) is 17.3 Å². The molecule has 0 spiro atoms. The lowest BCUT2D eigenvalue weighted by atomic mass is 9.70. The van der Waals surface area contributed by atoms with Crippen LogP contribution in [0.1, 0.15) is 52.0 Å².